The van der Waals surface area contributed by atoms with Gasteiger partial charge in [-0.3, -0.25) is 0 Å². The van der Waals surface area contributed by atoms with E-state index in [-0.39, 0.29) is 11.2 Å². The minimum absolute atomic E-state index is 0.124. The Morgan fingerprint density at radius 2 is 1.33 bits per heavy atom. The Balaban J connectivity index is 1.81. The van der Waals surface area contributed by atoms with Crippen molar-refractivity contribution in [3.05, 3.63) is 76.3 Å². The van der Waals surface area contributed by atoms with Crippen LogP contribution in [0.1, 0.15) is 48.6 Å². The van der Waals surface area contributed by atoms with Crippen molar-refractivity contribution in [1.29, 1.82) is 0 Å². The van der Waals surface area contributed by atoms with Crippen molar-refractivity contribution < 1.29 is 10.2 Å². The molecule has 4 rings (SSSR count). The van der Waals surface area contributed by atoms with E-state index in [9.17, 15) is 10.2 Å². The summed E-state index contributed by atoms with van der Waals surface area (Å²) in [4.78, 5) is 1.48. The maximum Gasteiger partial charge on any atom is 0.146 e. The van der Waals surface area contributed by atoms with Gasteiger partial charge in [-0.05, 0) is 54.2 Å². The first-order chi connectivity index (χ1) is 14.1. The van der Waals surface area contributed by atoms with Gasteiger partial charge in [0, 0.05) is 12.0 Å². The molecular formula is C25H27N3O2. The molecule has 0 bridgehead atoms. The lowest BCUT2D eigenvalue weighted by atomic mass is 9.83. The second kappa shape index (κ2) is 7.17. The van der Waals surface area contributed by atoms with Gasteiger partial charge in [-0.25, -0.2) is 0 Å². The number of aromatic nitrogens is 3. The lowest BCUT2D eigenvalue weighted by Crippen LogP contribution is -2.12. The number of phenolic OH excluding ortho intramolecular Hbond substituents is 2. The molecule has 154 valence electrons. The van der Waals surface area contributed by atoms with E-state index in [1.807, 2.05) is 62.4 Å². The molecule has 0 unspecified atom stereocenters. The summed E-state index contributed by atoms with van der Waals surface area (Å²) in [5.74, 6) is 0.414. The average molecular weight is 402 g/mol. The Hall–Kier alpha value is -3.34. The van der Waals surface area contributed by atoms with E-state index in [1.54, 1.807) is 0 Å². The quantitative estimate of drug-likeness (QED) is 0.486. The monoisotopic (exact) mass is 401 g/mol. The first-order valence-electron chi connectivity index (χ1n) is 10.1. The molecule has 3 aromatic carbocycles. The summed E-state index contributed by atoms with van der Waals surface area (Å²) in [7, 11) is 0. The van der Waals surface area contributed by atoms with E-state index in [1.165, 1.54) is 4.80 Å². The van der Waals surface area contributed by atoms with Crippen molar-refractivity contribution in [2.45, 2.75) is 46.5 Å². The third-order valence-electron chi connectivity index (χ3n) is 5.34. The fraction of sp³-hybridized carbons (Fsp3) is 0.280. The van der Waals surface area contributed by atoms with Gasteiger partial charge in [-0.1, -0.05) is 56.7 Å². The van der Waals surface area contributed by atoms with E-state index >= 15 is 0 Å². The topological polar surface area (TPSA) is 71.2 Å². The number of benzene rings is 3. The zero-order valence-corrected chi connectivity index (χ0v) is 18.1. The minimum atomic E-state index is -0.177. The van der Waals surface area contributed by atoms with Gasteiger partial charge >= 0.3 is 0 Å². The summed E-state index contributed by atoms with van der Waals surface area (Å²) in [6.45, 7) is 10.3. The molecule has 2 N–H and O–H groups in total. The highest BCUT2D eigenvalue weighted by molar-refractivity contribution is 5.73. The first kappa shape index (κ1) is 20.0. The third kappa shape index (κ3) is 3.63. The normalized spacial score (nSPS) is 11.9. The van der Waals surface area contributed by atoms with Gasteiger partial charge in [-0.2, -0.15) is 0 Å². The van der Waals surface area contributed by atoms with Crippen molar-refractivity contribution in [3.8, 4) is 17.2 Å². The molecule has 1 heterocycles. The SMILES string of the molecule is Cc1cc(Cc2cc(C)cc(C(C)(C)C)c2O)c(O)c(-n2nc3ccccc3n2)c1. The predicted molar refractivity (Wildman–Crippen MR) is 120 cm³/mol. The van der Waals surface area contributed by atoms with Crippen LogP contribution in [0.2, 0.25) is 0 Å². The van der Waals surface area contributed by atoms with Crippen LogP contribution in [0.25, 0.3) is 16.7 Å². The maximum absolute atomic E-state index is 11.1. The van der Waals surface area contributed by atoms with E-state index < -0.39 is 0 Å². The molecule has 30 heavy (non-hydrogen) atoms. The minimum Gasteiger partial charge on any atom is -0.507 e. The Kier molecular flexibility index (Phi) is 4.77. The number of aryl methyl sites for hydroxylation is 2. The van der Waals surface area contributed by atoms with Gasteiger partial charge < -0.3 is 10.2 Å². The van der Waals surface area contributed by atoms with Crippen LogP contribution in [-0.2, 0) is 11.8 Å². The number of rotatable bonds is 3. The third-order valence-corrected chi connectivity index (χ3v) is 5.34. The predicted octanol–water partition coefficient (Wildman–Crippen LogP) is 5.34. The smallest absolute Gasteiger partial charge is 0.146 e. The Morgan fingerprint density at radius 1 is 0.800 bits per heavy atom. The highest BCUT2D eigenvalue weighted by Crippen LogP contribution is 2.37. The summed E-state index contributed by atoms with van der Waals surface area (Å²) >= 11 is 0. The van der Waals surface area contributed by atoms with Crippen molar-refractivity contribution >= 4 is 11.0 Å². The number of hydrogen-bond acceptors (Lipinski definition) is 4. The lowest BCUT2D eigenvalue weighted by Gasteiger charge is -2.23. The Bertz CT molecular complexity index is 1220. The number of hydrogen-bond donors (Lipinski definition) is 2. The van der Waals surface area contributed by atoms with Gasteiger partial charge in [-0.15, -0.1) is 15.0 Å². The second-order valence-corrected chi connectivity index (χ2v) is 9.02. The van der Waals surface area contributed by atoms with Crippen LogP contribution in [0.15, 0.2) is 48.5 Å². The molecule has 0 aliphatic heterocycles. The zero-order chi connectivity index (χ0) is 21.6. The number of aromatic hydroxyl groups is 2. The summed E-state index contributed by atoms with van der Waals surface area (Å²) in [6, 6.07) is 15.4. The lowest BCUT2D eigenvalue weighted by molar-refractivity contribution is 0.439. The highest BCUT2D eigenvalue weighted by atomic mass is 16.3. The van der Waals surface area contributed by atoms with E-state index in [0.717, 1.165) is 38.9 Å². The molecule has 0 saturated carbocycles. The molecule has 0 spiro atoms. The van der Waals surface area contributed by atoms with Gasteiger partial charge in [0.15, 0.2) is 0 Å². The molecule has 0 aliphatic carbocycles. The number of fused-ring (bicyclic) bond motifs is 1. The molecule has 1 aromatic heterocycles. The van der Waals surface area contributed by atoms with Crippen molar-refractivity contribution in [2.75, 3.05) is 0 Å². The Morgan fingerprint density at radius 3 is 1.90 bits per heavy atom. The van der Waals surface area contributed by atoms with Crippen molar-refractivity contribution in [1.82, 2.24) is 15.0 Å². The number of phenols is 2. The second-order valence-electron chi connectivity index (χ2n) is 9.02. The Labute approximate surface area is 176 Å². The molecule has 0 amide bonds. The molecule has 4 aromatic rings. The maximum atomic E-state index is 11.1. The summed E-state index contributed by atoms with van der Waals surface area (Å²) in [6.07, 6.45) is 0.415. The van der Waals surface area contributed by atoms with E-state index in [4.69, 9.17) is 0 Å². The van der Waals surface area contributed by atoms with Crippen LogP contribution in [0.4, 0.5) is 0 Å². The van der Waals surface area contributed by atoms with Gasteiger partial charge in [0.05, 0.1) is 0 Å². The van der Waals surface area contributed by atoms with Crippen LogP contribution < -0.4 is 0 Å². The van der Waals surface area contributed by atoms with Crippen LogP contribution in [0.3, 0.4) is 0 Å². The standard InChI is InChI=1S/C25H27N3O2/c1-15-10-17(23(29)19(12-15)25(3,4)5)14-18-11-16(2)13-22(24(18)30)28-26-20-8-6-7-9-21(20)27-28/h6-13,29-30H,14H2,1-5H3. The molecule has 0 radical (unpaired) electrons. The molecule has 0 saturated heterocycles. The largest absolute Gasteiger partial charge is 0.507 e. The van der Waals surface area contributed by atoms with Crippen LogP contribution in [-0.4, -0.2) is 25.2 Å². The van der Waals surface area contributed by atoms with Gasteiger partial charge in [0.25, 0.3) is 0 Å². The zero-order valence-electron chi connectivity index (χ0n) is 18.1. The van der Waals surface area contributed by atoms with Crippen LogP contribution in [0, 0.1) is 13.8 Å². The summed E-state index contributed by atoms with van der Waals surface area (Å²) < 4.78 is 0. The van der Waals surface area contributed by atoms with Crippen LogP contribution >= 0.6 is 0 Å². The van der Waals surface area contributed by atoms with Crippen LogP contribution in [0.5, 0.6) is 11.5 Å². The summed E-state index contributed by atoms with van der Waals surface area (Å²) in [5, 5.41) is 31.0. The summed E-state index contributed by atoms with van der Waals surface area (Å²) in [5.41, 5.74) is 6.40. The highest BCUT2D eigenvalue weighted by Gasteiger charge is 2.22. The van der Waals surface area contributed by atoms with Gasteiger partial charge in [0.1, 0.15) is 28.2 Å². The van der Waals surface area contributed by atoms with Gasteiger partial charge in [0.2, 0.25) is 0 Å². The molecule has 0 atom stereocenters. The van der Waals surface area contributed by atoms with Crippen molar-refractivity contribution in [3.63, 3.8) is 0 Å². The molecule has 0 aliphatic rings. The van der Waals surface area contributed by atoms with E-state index in [0.29, 0.717) is 17.9 Å². The fourth-order valence-electron chi connectivity index (χ4n) is 3.85. The number of nitrogens with zero attached hydrogens (tertiary/aromatic N) is 3. The molecular weight excluding hydrogens is 374 g/mol. The molecule has 5 heteroatoms. The first-order valence-corrected chi connectivity index (χ1v) is 10.1. The average Bonchev–Trinajstić information content (AvgIpc) is 3.10. The molecule has 0 fully saturated rings. The van der Waals surface area contributed by atoms with E-state index in [2.05, 4.69) is 31.0 Å². The fourth-order valence-corrected chi connectivity index (χ4v) is 3.85. The van der Waals surface area contributed by atoms with Crippen molar-refractivity contribution in [2.24, 2.45) is 0 Å². The molecule has 5 nitrogen and oxygen atoms in total.